The number of anilines is 1. The summed E-state index contributed by atoms with van der Waals surface area (Å²) >= 11 is 0. The van der Waals surface area contributed by atoms with Crippen molar-refractivity contribution in [1.82, 2.24) is 0 Å². The summed E-state index contributed by atoms with van der Waals surface area (Å²) in [6, 6.07) is 8.07. The van der Waals surface area contributed by atoms with E-state index in [1.807, 2.05) is 12.1 Å². The molecule has 0 bridgehead atoms. The van der Waals surface area contributed by atoms with Gasteiger partial charge in [0.1, 0.15) is 0 Å². The molecule has 0 aliphatic heterocycles. The van der Waals surface area contributed by atoms with Crippen LogP contribution in [-0.4, -0.2) is 6.41 Å². The van der Waals surface area contributed by atoms with Gasteiger partial charge in [-0.3, -0.25) is 4.79 Å². The van der Waals surface area contributed by atoms with Crippen LogP contribution in [0.1, 0.15) is 38.2 Å². The zero-order valence-corrected chi connectivity index (χ0v) is 8.79. The minimum atomic E-state index is 0.639. The van der Waals surface area contributed by atoms with Crippen molar-refractivity contribution in [3.05, 3.63) is 29.8 Å². The number of carbonyl (C=O) groups is 1. The zero-order valence-electron chi connectivity index (χ0n) is 8.79. The molecule has 14 heavy (non-hydrogen) atoms. The summed E-state index contributed by atoms with van der Waals surface area (Å²) in [5.41, 5.74) is 2.21. The molecule has 0 unspecified atom stereocenters. The van der Waals surface area contributed by atoms with Crippen LogP contribution < -0.4 is 5.32 Å². The molecule has 0 spiro atoms. The lowest BCUT2D eigenvalue weighted by molar-refractivity contribution is -0.105. The molecule has 0 aliphatic carbocycles. The Labute approximate surface area is 85.3 Å². The van der Waals surface area contributed by atoms with E-state index in [0.717, 1.165) is 18.5 Å². The predicted molar refractivity (Wildman–Crippen MR) is 59.5 cm³/mol. The molecule has 0 heterocycles. The average Bonchev–Trinajstić information content (AvgIpc) is 2.23. The summed E-state index contributed by atoms with van der Waals surface area (Å²) in [6.45, 7) is 4.40. The van der Waals surface area contributed by atoms with Crippen molar-refractivity contribution < 1.29 is 4.79 Å². The van der Waals surface area contributed by atoms with Gasteiger partial charge < -0.3 is 5.32 Å². The van der Waals surface area contributed by atoms with Gasteiger partial charge in [0, 0.05) is 5.69 Å². The summed E-state index contributed by atoms with van der Waals surface area (Å²) < 4.78 is 0. The third-order valence-electron chi connectivity index (χ3n) is 2.59. The standard InChI is InChI=1S/C12H17NO/c1-3-10(4-2)11-5-7-12(8-6-11)13-9-14/h5-10H,3-4H2,1-2H3,(H,13,14). The number of nitrogens with one attached hydrogen (secondary N) is 1. The lowest BCUT2D eigenvalue weighted by Crippen LogP contribution is -1.97. The van der Waals surface area contributed by atoms with Gasteiger partial charge in [-0.25, -0.2) is 0 Å². The minimum absolute atomic E-state index is 0.639. The van der Waals surface area contributed by atoms with Crippen LogP contribution in [0.25, 0.3) is 0 Å². The highest BCUT2D eigenvalue weighted by atomic mass is 16.1. The number of amides is 1. The fraction of sp³-hybridized carbons (Fsp3) is 0.417. The van der Waals surface area contributed by atoms with E-state index in [1.54, 1.807) is 0 Å². The van der Waals surface area contributed by atoms with Crippen LogP contribution in [-0.2, 0) is 4.79 Å². The summed E-state index contributed by atoms with van der Waals surface area (Å²) in [7, 11) is 0. The van der Waals surface area contributed by atoms with Gasteiger partial charge in [-0.2, -0.15) is 0 Å². The molecule has 2 nitrogen and oxygen atoms in total. The minimum Gasteiger partial charge on any atom is -0.329 e. The Hall–Kier alpha value is -1.31. The third kappa shape index (κ3) is 2.59. The Morgan fingerprint density at radius 1 is 1.21 bits per heavy atom. The van der Waals surface area contributed by atoms with E-state index in [-0.39, 0.29) is 0 Å². The van der Waals surface area contributed by atoms with Crippen molar-refractivity contribution in [3.63, 3.8) is 0 Å². The molecular formula is C12H17NO. The van der Waals surface area contributed by atoms with Crippen LogP contribution in [0.2, 0.25) is 0 Å². The fourth-order valence-electron chi connectivity index (χ4n) is 1.68. The van der Waals surface area contributed by atoms with Gasteiger partial charge in [-0.1, -0.05) is 26.0 Å². The highest BCUT2D eigenvalue weighted by Gasteiger charge is 2.05. The second-order valence-corrected chi connectivity index (χ2v) is 3.40. The Bertz CT molecular complexity index is 275. The van der Waals surface area contributed by atoms with E-state index >= 15 is 0 Å². The van der Waals surface area contributed by atoms with Crippen molar-refractivity contribution in [2.24, 2.45) is 0 Å². The summed E-state index contributed by atoms with van der Waals surface area (Å²) in [5.74, 6) is 0.639. The molecule has 0 saturated heterocycles. The molecule has 2 heteroatoms. The highest BCUT2D eigenvalue weighted by Crippen LogP contribution is 2.23. The molecule has 1 rings (SSSR count). The maximum Gasteiger partial charge on any atom is 0.211 e. The Morgan fingerprint density at radius 2 is 1.79 bits per heavy atom. The van der Waals surface area contributed by atoms with E-state index in [1.165, 1.54) is 5.56 Å². The van der Waals surface area contributed by atoms with Gasteiger partial charge >= 0.3 is 0 Å². The number of benzene rings is 1. The van der Waals surface area contributed by atoms with Crippen molar-refractivity contribution in [1.29, 1.82) is 0 Å². The molecule has 0 saturated carbocycles. The number of hydrogen-bond donors (Lipinski definition) is 1. The van der Waals surface area contributed by atoms with Gasteiger partial charge in [0.25, 0.3) is 0 Å². The SMILES string of the molecule is CCC(CC)c1ccc(NC=O)cc1. The second-order valence-electron chi connectivity index (χ2n) is 3.40. The first-order valence-corrected chi connectivity index (χ1v) is 5.12. The average molecular weight is 191 g/mol. The molecule has 76 valence electrons. The van der Waals surface area contributed by atoms with E-state index in [0.29, 0.717) is 12.3 Å². The van der Waals surface area contributed by atoms with Crippen LogP contribution in [0.15, 0.2) is 24.3 Å². The third-order valence-corrected chi connectivity index (χ3v) is 2.59. The van der Waals surface area contributed by atoms with E-state index in [2.05, 4.69) is 31.3 Å². The molecule has 0 aliphatic rings. The Kier molecular flexibility index (Phi) is 4.17. The molecular weight excluding hydrogens is 174 g/mol. The summed E-state index contributed by atoms with van der Waals surface area (Å²) in [5, 5.41) is 2.63. The second kappa shape index (κ2) is 5.43. The van der Waals surface area contributed by atoms with Crippen molar-refractivity contribution in [3.8, 4) is 0 Å². The van der Waals surface area contributed by atoms with Crippen LogP contribution in [0.5, 0.6) is 0 Å². The van der Waals surface area contributed by atoms with Crippen molar-refractivity contribution >= 4 is 12.1 Å². The van der Waals surface area contributed by atoms with Gasteiger partial charge in [0.15, 0.2) is 0 Å². The largest absolute Gasteiger partial charge is 0.329 e. The van der Waals surface area contributed by atoms with Gasteiger partial charge in [0.2, 0.25) is 6.41 Å². The van der Waals surface area contributed by atoms with Crippen molar-refractivity contribution in [2.45, 2.75) is 32.6 Å². The first-order valence-electron chi connectivity index (χ1n) is 5.12. The molecule has 0 aromatic heterocycles. The maximum absolute atomic E-state index is 10.2. The highest BCUT2D eigenvalue weighted by molar-refractivity contribution is 5.71. The molecule has 1 aromatic rings. The smallest absolute Gasteiger partial charge is 0.211 e. The van der Waals surface area contributed by atoms with Crippen molar-refractivity contribution in [2.75, 3.05) is 5.32 Å². The Morgan fingerprint density at radius 3 is 2.21 bits per heavy atom. The summed E-state index contributed by atoms with van der Waals surface area (Å²) in [6.07, 6.45) is 3.03. The normalized spacial score (nSPS) is 10.2. The number of hydrogen-bond acceptors (Lipinski definition) is 1. The fourth-order valence-corrected chi connectivity index (χ4v) is 1.68. The molecule has 1 N–H and O–H groups in total. The topological polar surface area (TPSA) is 29.1 Å². The predicted octanol–water partition coefficient (Wildman–Crippen LogP) is 3.16. The van der Waals surface area contributed by atoms with E-state index < -0.39 is 0 Å². The molecule has 1 amide bonds. The Balaban J connectivity index is 2.76. The quantitative estimate of drug-likeness (QED) is 0.712. The monoisotopic (exact) mass is 191 g/mol. The van der Waals surface area contributed by atoms with Crippen LogP contribution in [0.3, 0.4) is 0 Å². The summed E-state index contributed by atoms with van der Waals surface area (Å²) in [4.78, 5) is 10.2. The first-order chi connectivity index (χ1) is 6.81. The van der Waals surface area contributed by atoms with Crippen LogP contribution in [0, 0.1) is 0 Å². The van der Waals surface area contributed by atoms with Crippen LogP contribution in [0.4, 0.5) is 5.69 Å². The van der Waals surface area contributed by atoms with Gasteiger partial charge in [0.05, 0.1) is 0 Å². The van der Waals surface area contributed by atoms with E-state index in [9.17, 15) is 4.79 Å². The first kappa shape index (κ1) is 10.8. The van der Waals surface area contributed by atoms with E-state index in [4.69, 9.17) is 0 Å². The molecule has 0 atom stereocenters. The number of carbonyl (C=O) groups excluding carboxylic acids is 1. The molecule has 1 aromatic carbocycles. The zero-order chi connectivity index (χ0) is 10.4. The van der Waals surface area contributed by atoms with Gasteiger partial charge in [-0.15, -0.1) is 0 Å². The molecule has 0 radical (unpaired) electrons. The lowest BCUT2D eigenvalue weighted by Gasteiger charge is -2.12. The van der Waals surface area contributed by atoms with Gasteiger partial charge in [-0.05, 0) is 36.5 Å². The molecule has 0 fully saturated rings. The number of rotatable bonds is 5. The maximum atomic E-state index is 10.2. The lowest BCUT2D eigenvalue weighted by atomic mass is 9.94. The van der Waals surface area contributed by atoms with Crippen LogP contribution >= 0.6 is 0 Å².